The number of para-hydroxylation sites is 1. The molecular weight excluding hydrogens is 218 g/mol. The quantitative estimate of drug-likeness (QED) is 0.800. The van der Waals surface area contributed by atoms with Gasteiger partial charge in [-0.05, 0) is 18.4 Å². The van der Waals surface area contributed by atoms with Gasteiger partial charge in [-0.15, -0.1) is 11.8 Å². The largest absolute Gasteiger partial charge is 0.496 e. The predicted octanol–water partition coefficient (Wildman–Crippen LogP) is 2.89. The Kier molecular flexibility index (Phi) is 3.34. The van der Waals surface area contributed by atoms with Gasteiger partial charge in [0.05, 0.1) is 18.4 Å². The van der Waals surface area contributed by atoms with Gasteiger partial charge in [0.2, 0.25) is 0 Å². The van der Waals surface area contributed by atoms with Gasteiger partial charge >= 0.3 is 0 Å². The van der Waals surface area contributed by atoms with E-state index in [4.69, 9.17) is 4.74 Å². The van der Waals surface area contributed by atoms with Crippen molar-refractivity contribution in [2.24, 2.45) is 4.99 Å². The van der Waals surface area contributed by atoms with Crippen LogP contribution in [0.15, 0.2) is 41.4 Å². The van der Waals surface area contributed by atoms with Crippen molar-refractivity contribution in [3.63, 3.8) is 0 Å². The van der Waals surface area contributed by atoms with E-state index in [1.165, 1.54) is 5.56 Å². The molecule has 84 valence electrons. The van der Waals surface area contributed by atoms with Crippen LogP contribution in [-0.2, 0) is 4.75 Å². The SMILES string of the molecule is COc1ccccc1C1(SC)C=CC=NC1. The number of thioether (sulfide) groups is 1. The van der Waals surface area contributed by atoms with Crippen LogP contribution in [0.5, 0.6) is 5.75 Å². The molecule has 0 aromatic heterocycles. The van der Waals surface area contributed by atoms with Gasteiger partial charge < -0.3 is 4.74 Å². The van der Waals surface area contributed by atoms with Crippen molar-refractivity contribution >= 4 is 18.0 Å². The Labute approximate surface area is 100 Å². The van der Waals surface area contributed by atoms with E-state index in [-0.39, 0.29) is 4.75 Å². The predicted molar refractivity (Wildman–Crippen MR) is 70.7 cm³/mol. The molecule has 1 aliphatic heterocycles. The van der Waals surface area contributed by atoms with Crippen LogP contribution in [0.3, 0.4) is 0 Å². The number of benzene rings is 1. The normalized spacial score (nSPS) is 23.4. The third kappa shape index (κ3) is 1.87. The summed E-state index contributed by atoms with van der Waals surface area (Å²) in [5, 5.41) is 0. The molecule has 0 N–H and O–H groups in total. The zero-order chi connectivity index (χ0) is 11.4. The van der Waals surface area contributed by atoms with Crippen molar-refractivity contribution in [3.05, 3.63) is 42.0 Å². The molecule has 1 aromatic rings. The topological polar surface area (TPSA) is 21.6 Å². The van der Waals surface area contributed by atoms with Gasteiger partial charge in [0.15, 0.2) is 0 Å². The van der Waals surface area contributed by atoms with Gasteiger partial charge in [-0.25, -0.2) is 0 Å². The first kappa shape index (κ1) is 11.3. The summed E-state index contributed by atoms with van der Waals surface area (Å²) in [6, 6.07) is 8.15. The second kappa shape index (κ2) is 4.74. The van der Waals surface area contributed by atoms with E-state index in [2.05, 4.69) is 23.4 Å². The maximum Gasteiger partial charge on any atom is 0.123 e. The Morgan fingerprint density at radius 2 is 2.19 bits per heavy atom. The van der Waals surface area contributed by atoms with E-state index in [0.717, 1.165) is 12.3 Å². The Bertz CT molecular complexity index is 428. The van der Waals surface area contributed by atoms with E-state index >= 15 is 0 Å². The molecule has 0 fully saturated rings. The van der Waals surface area contributed by atoms with Crippen LogP contribution in [-0.4, -0.2) is 26.1 Å². The lowest BCUT2D eigenvalue weighted by Gasteiger charge is -2.30. The maximum atomic E-state index is 5.43. The fourth-order valence-corrected chi connectivity index (χ4v) is 2.72. The molecule has 0 saturated carbocycles. The van der Waals surface area contributed by atoms with E-state index in [1.807, 2.05) is 30.5 Å². The zero-order valence-electron chi connectivity index (χ0n) is 9.51. The minimum absolute atomic E-state index is 0.0820. The van der Waals surface area contributed by atoms with Crippen LogP contribution in [0.2, 0.25) is 0 Å². The Hall–Kier alpha value is -1.22. The van der Waals surface area contributed by atoms with E-state index in [0.29, 0.717) is 0 Å². The van der Waals surface area contributed by atoms with Crippen molar-refractivity contribution in [1.29, 1.82) is 0 Å². The summed E-state index contributed by atoms with van der Waals surface area (Å²) in [7, 11) is 1.71. The number of hydrogen-bond acceptors (Lipinski definition) is 3. The van der Waals surface area contributed by atoms with E-state index in [9.17, 15) is 0 Å². The van der Waals surface area contributed by atoms with Gasteiger partial charge in [-0.1, -0.05) is 24.3 Å². The average Bonchev–Trinajstić information content (AvgIpc) is 2.39. The Balaban J connectivity index is 2.48. The van der Waals surface area contributed by atoms with Crippen molar-refractivity contribution in [2.45, 2.75) is 4.75 Å². The van der Waals surface area contributed by atoms with Crippen molar-refractivity contribution < 1.29 is 4.74 Å². The molecule has 16 heavy (non-hydrogen) atoms. The van der Waals surface area contributed by atoms with Crippen LogP contribution in [0.1, 0.15) is 5.56 Å². The number of rotatable bonds is 3. The Morgan fingerprint density at radius 3 is 2.81 bits per heavy atom. The van der Waals surface area contributed by atoms with Crippen LogP contribution in [0.4, 0.5) is 0 Å². The number of aliphatic imine (C=N–C) groups is 1. The summed E-state index contributed by atoms with van der Waals surface area (Å²) in [6.45, 7) is 0.769. The van der Waals surface area contributed by atoms with Gasteiger partial charge in [0.25, 0.3) is 0 Å². The van der Waals surface area contributed by atoms with Gasteiger partial charge in [-0.3, -0.25) is 4.99 Å². The number of allylic oxidation sites excluding steroid dienone is 1. The van der Waals surface area contributed by atoms with Crippen LogP contribution in [0.25, 0.3) is 0 Å². The average molecular weight is 233 g/mol. The van der Waals surface area contributed by atoms with Crippen LogP contribution < -0.4 is 4.74 Å². The lowest BCUT2D eigenvalue weighted by atomic mass is 9.95. The summed E-state index contributed by atoms with van der Waals surface area (Å²) in [5.74, 6) is 0.929. The molecule has 1 aromatic carbocycles. The standard InChI is InChI=1S/C13H15NOS/c1-15-12-7-4-3-6-11(12)13(16-2)8-5-9-14-10-13/h3-9H,10H2,1-2H3. The molecule has 0 saturated heterocycles. The molecule has 1 aliphatic rings. The van der Waals surface area contributed by atoms with Gasteiger partial charge in [0, 0.05) is 11.8 Å². The number of nitrogens with zero attached hydrogens (tertiary/aromatic N) is 1. The highest BCUT2D eigenvalue weighted by Gasteiger charge is 2.31. The molecule has 3 heteroatoms. The molecule has 0 bridgehead atoms. The van der Waals surface area contributed by atoms with Gasteiger partial charge in [0.1, 0.15) is 5.75 Å². The highest BCUT2D eigenvalue weighted by molar-refractivity contribution is 7.99. The summed E-state index contributed by atoms with van der Waals surface area (Å²) in [5.41, 5.74) is 1.19. The second-order valence-electron chi connectivity index (χ2n) is 3.64. The summed E-state index contributed by atoms with van der Waals surface area (Å²) in [6.07, 6.45) is 8.16. The highest BCUT2D eigenvalue weighted by Crippen LogP contribution is 2.42. The fraction of sp³-hybridized carbons (Fsp3) is 0.308. The van der Waals surface area contributed by atoms with E-state index in [1.54, 1.807) is 18.9 Å². The molecule has 0 radical (unpaired) electrons. The van der Waals surface area contributed by atoms with Crippen molar-refractivity contribution in [3.8, 4) is 5.75 Å². The molecule has 1 heterocycles. The molecule has 0 aliphatic carbocycles. The first-order valence-electron chi connectivity index (χ1n) is 5.19. The summed E-state index contributed by atoms with van der Waals surface area (Å²) in [4.78, 5) is 4.37. The number of hydrogen-bond donors (Lipinski definition) is 0. The lowest BCUT2D eigenvalue weighted by Crippen LogP contribution is -2.25. The molecule has 2 rings (SSSR count). The van der Waals surface area contributed by atoms with Crippen molar-refractivity contribution in [2.75, 3.05) is 19.9 Å². The third-order valence-corrected chi connectivity index (χ3v) is 4.02. The zero-order valence-corrected chi connectivity index (χ0v) is 10.3. The maximum absolute atomic E-state index is 5.43. The monoisotopic (exact) mass is 233 g/mol. The second-order valence-corrected chi connectivity index (χ2v) is 4.78. The first-order chi connectivity index (χ1) is 7.82. The summed E-state index contributed by atoms with van der Waals surface area (Å²) >= 11 is 1.80. The molecular formula is C13H15NOS. The first-order valence-corrected chi connectivity index (χ1v) is 6.41. The Morgan fingerprint density at radius 1 is 1.38 bits per heavy atom. The molecule has 0 spiro atoms. The van der Waals surface area contributed by atoms with Crippen LogP contribution >= 0.6 is 11.8 Å². The summed E-state index contributed by atoms with van der Waals surface area (Å²) < 4.78 is 5.34. The van der Waals surface area contributed by atoms with Crippen LogP contribution in [0, 0.1) is 0 Å². The molecule has 0 amide bonds. The molecule has 1 unspecified atom stereocenters. The van der Waals surface area contributed by atoms with Crippen molar-refractivity contribution in [1.82, 2.24) is 0 Å². The molecule has 2 nitrogen and oxygen atoms in total. The van der Waals surface area contributed by atoms with E-state index < -0.39 is 0 Å². The number of ether oxygens (including phenoxy) is 1. The highest BCUT2D eigenvalue weighted by atomic mass is 32.2. The third-order valence-electron chi connectivity index (χ3n) is 2.81. The number of dihydropyridines is 1. The molecule has 1 atom stereocenters. The lowest BCUT2D eigenvalue weighted by molar-refractivity contribution is 0.406. The fourth-order valence-electron chi connectivity index (χ4n) is 1.91. The number of methoxy groups -OCH3 is 1. The smallest absolute Gasteiger partial charge is 0.123 e. The van der Waals surface area contributed by atoms with Gasteiger partial charge in [-0.2, -0.15) is 0 Å². The minimum Gasteiger partial charge on any atom is -0.496 e. The minimum atomic E-state index is -0.0820.